The van der Waals surface area contributed by atoms with Crippen LogP contribution >= 0.6 is 33.3 Å². The molecule has 0 aromatic heterocycles. The molecule has 32 heteroatoms. The van der Waals surface area contributed by atoms with Crippen LogP contribution in [0, 0.1) is 22.7 Å². The summed E-state index contributed by atoms with van der Waals surface area (Å²) in [6.07, 6.45) is -0.600. The van der Waals surface area contributed by atoms with E-state index in [1.807, 2.05) is 55.4 Å². The zero-order valence-electron chi connectivity index (χ0n) is 67.4. The number of ether oxygens (including phenoxy) is 8. The topological polar surface area (TPSA) is 406 Å². The number of rotatable bonds is 39. The van der Waals surface area contributed by atoms with Gasteiger partial charge in [0, 0.05) is 30.8 Å². The largest absolute Gasteiger partial charge is 0.488 e. The highest BCUT2D eigenvalue weighted by Crippen LogP contribution is 2.25. The molecule has 8 amide bonds. The molecule has 29 nitrogen and oxygen atoms in total. The second kappa shape index (κ2) is 46.1. The molecular weight excluding hydrogens is 1490 g/mol. The molecule has 3 aromatic carbocycles. The number of benzene rings is 3. The van der Waals surface area contributed by atoms with Crippen molar-refractivity contribution < 1.29 is 90.6 Å². The molecule has 0 radical (unpaired) electrons. The Balaban J connectivity index is 1.77. The Hall–Kier alpha value is -8.14. The summed E-state index contributed by atoms with van der Waals surface area (Å²) in [5.41, 5.74) is -2.49. The van der Waals surface area contributed by atoms with E-state index in [1.165, 1.54) is 47.4 Å². The van der Waals surface area contributed by atoms with Gasteiger partial charge in [0.15, 0.2) is 11.6 Å². The summed E-state index contributed by atoms with van der Waals surface area (Å²) in [7, 11) is 4.03. The van der Waals surface area contributed by atoms with E-state index in [0.717, 1.165) is 5.75 Å². The normalized spacial score (nSPS) is 18.7. The highest BCUT2D eigenvalue weighted by molar-refractivity contribution is 8.76. The van der Waals surface area contributed by atoms with Gasteiger partial charge in [-0.15, -0.1) is 0 Å². The van der Waals surface area contributed by atoms with Crippen LogP contribution in [0.3, 0.4) is 0 Å². The first kappa shape index (κ1) is 95.2. The summed E-state index contributed by atoms with van der Waals surface area (Å²) in [4.78, 5) is 159. The number of amides is 8. The Morgan fingerprint density at radius 3 is 1.78 bits per heavy atom. The van der Waals surface area contributed by atoms with Crippen LogP contribution in [0.25, 0.3) is 0 Å². The lowest BCUT2D eigenvalue weighted by Gasteiger charge is -2.33. The minimum Gasteiger partial charge on any atom is -0.488 e. The quantitative estimate of drug-likeness (QED) is 0.0117. The Morgan fingerprint density at radius 2 is 1.22 bits per heavy atom. The number of alkyl carbamates (subject to hydrolysis) is 1. The molecule has 616 valence electrons. The van der Waals surface area contributed by atoms with Gasteiger partial charge in [0.25, 0.3) is 0 Å². The molecule has 10 N–H and O–H groups in total. The maximum absolute atomic E-state index is 15.4. The lowest BCUT2D eigenvalue weighted by Crippen LogP contribution is -2.63. The van der Waals surface area contributed by atoms with Crippen LogP contribution in [0.15, 0.2) is 78.9 Å². The Labute approximate surface area is 665 Å². The molecule has 0 spiro atoms. The molecule has 0 aliphatic carbocycles. The standard InChI is InChI=1S/C79H118N10O19S3/c1-19-47(3)64-72(97)83-56(35-39-109-18)74(99)104-43-59(70(95)84-57(41-50-26-30-52(31-27-50)107-78(11,12)13)67(92)63(81)54(68(93)88-64)40-49-24-22-21-23-25-49)86-73(98)65(48(4)106-77(8,9)10)89-71(96)60(44-105-76(5,6)7)85-69(94)58(42-51-28-32-53(33-29-51)108-79(14,15)16)82-62(90)45-103-38-37-102-36-34-55(80)66(91)61(46-111-110-20-2)87-75(100)101-17/h21-33,47-48,54,56-61,64-65,80-81H,19-20,34-46H2,1-18H3,(H,82,90)(H,83,97)(H,84,95)(H,85,94)(H,86,98)(H,87,100)(H,88,93)(H,89,96)/t47?,48?,54-,56+,57+,58+,59?,60?,61+,64+,65?/m1/s1. The van der Waals surface area contributed by atoms with E-state index in [2.05, 4.69) is 47.3 Å². The fourth-order valence-electron chi connectivity index (χ4n) is 11.0. The van der Waals surface area contributed by atoms with Gasteiger partial charge in [-0.2, -0.15) is 11.8 Å². The third kappa shape index (κ3) is 35.6. The Morgan fingerprint density at radius 1 is 0.631 bits per heavy atom. The van der Waals surface area contributed by atoms with Crippen LogP contribution in [-0.4, -0.2) is 224 Å². The number of methoxy groups -OCH3 is 1. The molecule has 1 aliphatic heterocycles. The summed E-state index contributed by atoms with van der Waals surface area (Å²) in [5, 5.41) is 39.5. The highest BCUT2D eigenvalue weighted by Gasteiger charge is 2.42. The number of esters is 1. The summed E-state index contributed by atoms with van der Waals surface area (Å²) < 4.78 is 46.4. The predicted molar refractivity (Wildman–Crippen MR) is 429 cm³/mol. The van der Waals surface area contributed by atoms with Gasteiger partial charge in [-0.1, -0.05) is 103 Å². The molecule has 11 atom stereocenters. The van der Waals surface area contributed by atoms with E-state index in [9.17, 15) is 39.0 Å². The third-order valence-electron chi connectivity index (χ3n) is 16.6. The van der Waals surface area contributed by atoms with Crippen molar-refractivity contribution in [3.63, 3.8) is 0 Å². The van der Waals surface area contributed by atoms with Crippen molar-refractivity contribution in [2.75, 3.05) is 70.3 Å². The molecule has 5 unspecified atom stereocenters. The third-order valence-corrected chi connectivity index (χ3v) is 19.8. The maximum Gasteiger partial charge on any atom is 0.407 e. The number of thioether (sulfide) groups is 1. The van der Waals surface area contributed by atoms with E-state index in [4.69, 9.17) is 38.6 Å². The zero-order chi connectivity index (χ0) is 83.0. The fraction of sp³-hybridized carbons (Fsp3) is 0.608. The maximum atomic E-state index is 15.4. The number of nitrogens with one attached hydrogen (secondary N) is 10. The molecule has 1 aliphatic rings. The van der Waals surface area contributed by atoms with Crippen molar-refractivity contribution in [3.8, 4) is 11.5 Å². The average molecular weight is 1610 g/mol. The summed E-state index contributed by atoms with van der Waals surface area (Å²) in [6.45, 7) is 26.1. The van der Waals surface area contributed by atoms with Crippen molar-refractivity contribution >= 4 is 110 Å². The van der Waals surface area contributed by atoms with Crippen LogP contribution in [0.1, 0.15) is 147 Å². The van der Waals surface area contributed by atoms with Crippen LogP contribution in [-0.2, 0) is 95.6 Å². The van der Waals surface area contributed by atoms with Crippen molar-refractivity contribution in [1.82, 2.24) is 42.5 Å². The van der Waals surface area contributed by atoms with E-state index in [0.29, 0.717) is 40.4 Å². The van der Waals surface area contributed by atoms with Gasteiger partial charge in [0.05, 0.1) is 74.2 Å². The van der Waals surface area contributed by atoms with Gasteiger partial charge in [0.2, 0.25) is 41.4 Å². The van der Waals surface area contributed by atoms with Crippen LogP contribution < -0.4 is 52.0 Å². The van der Waals surface area contributed by atoms with E-state index in [1.54, 1.807) is 134 Å². The van der Waals surface area contributed by atoms with Crippen molar-refractivity contribution in [2.24, 2.45) is 11.8 Å². The molecule has 111 heavy (non-hydrogen) atoms. The molecule has 4 rings (SSSR count). The Bertz CT molecular complexity index is 3580. The second-order valence-electron chi connectivity index (χ2n) is 30.8. The summed E-state index contributed by atoms with van der Waals surface area (Å²) in [6, 6.07) is 10.1. The SMILES string of the molecule is CCSSC[C@H](NC(=O)OC)C(=O)C(=N)CCOCCOCC(=O)N[C@@H](Cc1ccc(OC(C)(C)C)cc1)C(=O)NC(COC(C)(C)C)C(=O)NC(C(=O)NC1COC(=O)[C@H](CCSC)NC(=O)[C@H](C(C)CC)NC(=O)[C@H](Cc2ccccc2)C(=N)C(=O)[C@H](Cc2ccc(OC(C)(C)C)cc2)NC1=O)C(C)OC(C)(C)C. The number of cyclic esters (lactones) is 1. The number of carbonyl (C=O) groups is 11. The second-order valence-corrected chi connectivity index (χ2v) is 34.6. The summed E-state index contributed by atoms with van der Waals surface area (Å²) >= 11 is 1.36. The number of ketones is 2. The van der Waals surface area contributed by atoms with Gasteiger partial charge in [-0.3, -0.25) is 43.2 Å². The fourth-order valence-corrected chi connectivity index (χ4v) is 13.3. The van der Waals surface area contributed by atoms with Gasteiger partial charge in [0.1, 0.15) is 78.2 Å². The van der Waals surface area contributed by atoms with Gasteiger partial charge >= 0.3 is 12.1 Å². The first-order chi connectivity index (χ1) is 52.0. The molecule has 0 saturated carbocycles. The zero-order valence-corrected chi connectivity index (χ0v) is 69.9. The average Bonchev–Trinajstić information content (AvgIpc) is 0.821. The monoisotopic (exact) mass is 1610 g/mol. The minimum atomic E-state index is -1.92. The van der Waals surface area contributed by atoms with Crippen molar-refractivity contribution in [2.45, 2.75) is 226 Å². The lowest BCUT2D eigenvalue weighted by molar-refractivity contribution is -0.151. The smallest absolute Gasteiger partial charge is 0.407 e. The summed E-state index contributed by atoms with van der Waals surface area (Å²) in [5.74, 6) is -8.86. The lowest BCUT2D eigenvalue weighted by atomic mass is 9.87. The van der Waals surface area contributed by atoms with Gasteiger partial charge < -0.3 is 91.2 Å². The van der Waals surface area contributed by atoms with E-state index in [-0.39, 0.29) is 63.4 Å². The molecule has 0 bridgehead atoms. The molecular formula is C79H118N10O19S3. The first-order valence-corrected chi connectivity index (χ1v) is 41.1. The van der Waals surface area contributed by atoms with Crippen molar-refractivity contribution in [3.05, 3.63) is 95.6 Å². The first-order valence-electron chi connectivity index (χ1n) is 37.2. The van der Waals surface area contributed by atoms with Crippen LogP contribution in [0.2, 0.25) is 0 Å². The number of Topliss-reactive ketones (excluding diaryl/α,β-unsaturated/α-hetero) is 2. The molecule has 3 aromatic rings. The Kier molecular flexibility index (Phi) is 39.6. The number of hydrogen-bond donors (Lipinski definition) is 10. The molecule has 1 saturated heterocycles. The van der Waals surface area contributed by atoms with E-state index >= 15 is 19.2 Å². The predicted octanol–water partition coefficient (Wildman–Crippen LogP) is 7.18. The van der Waals surface area contributed by atoms with Crippen LogP contribution in [0.4, 0.5) is 4.79 Å². The molecule has 1 heterocycles. The van der Waals surface area contributed by atoms with Gasteiger partial charge in [-0.05, 0) is 162 Å². The molecule has 1 fully saturated rings. The van der Waals surface area contributed by atoms with Gasteiger partial charge in [-0.25, -0.2) is 9.59 Å². The van der Waals surface area contributed by atoms with E-state index < -0.39 is 179 Å². The minimum absolute atomic E-state index is 0.0146. The number of carbonyl (C=O) groups excluding carboxylic acids is 11. The highest BCUT2D eigenvalue weighted by atomic mass is 33.1. The van der Waals surface area contributed by atoms with Crippen LogP contribution in [0.5, 0.6) is 11.5 Å². The van der Waals surface area contributed by atoms with Crippen molar-refractivity contribution in [1.29, 1.82) is 10.8 Å². The number of hydrogen-bond acceptors (Lipinski definition) is 24.